The van der Waals surface area contributed by atoms with Gasteiger partial charge in [0.1, 0.15) is 17.5 Å². The number of pyridine rings is 1. The van der Waals surface area contributed by atoms with Gasteiger partial charge in [0.2, 0.25) is 0 Å². The topological polar surface area (TPSA) is 129 Å². The lowest BCUT2D eigenvalue weighted by Gasteiger charge is -2.12. The number of aromatic nitrogens is 1. The van der Waals surface area contributed by atoms with Gasteiger partial charge < -0.3 is 20.7 Å². The molecule has 0 bridgehead atoms. The van der Waals surface area contributed by atoms with E-state index in [4.69, 9.17) is 15.6 Å². The van der Waals surface area contributed by atoms with Gasteiger partial charge >= 0.3 is 5.97 Å². The number of anilines is 1. The molecule has 3 aromatic rings. The zero-order chi connectivity index (χ0) is 19.6. The Bertz CT molecular complexity index is 1070. The number of carbonyl (C=O) groups is 1. The molecule has 0 saturated heterocycles. The molecule has 4 N–H and O–H groups in total. The summed E-state index contributed by atoms with van der Waals surface area (Å²) >= 11 is 0. The number of benzene rings is 2. The van der Waals surface area contributed by atoms with Crippen LogP contribution in [0.15, 0.2) is 48.5 Å². The lowest BCUT2D eigenvalue weighted by atomic mass is 9.97. The molecule has 3 rings (SSSR count). The number of nitriles is 1. The largest absolute Gasteiger partial charge is 0.504 e. The fraction of sp³-hybridized carbons (Fsp3) is 0.0500. The van der Waals surface area contributed by atoms with Gasteiger partial charge in [-0.15, -0.1) is 0 Å². The van der Waals surface area contributed by atoms with Crippen molar-refractivity contribution in [2.45, 2.75) is 0 Å². The van der Waals surface area contributed by atoms with Crippen molar-refractivity contribution < 1.29 is 19.7 Å². The first-order valence-corrected chi connectivity index (χ1v) is 7.86. The number of aromatic hydroxyl groups is 1. The summed E-state index contributed by atoms with van der Waals surface area (Å²) in [5, 5.41) is 28.3. The molecular weight excluding hydrogens is 346 g/mol. The Morgan fingerprint density at radius 3 is 2.41 bits per heavy atom. The summed E-state index contributed by atoms with van der Waals surface area (Å²) in [5.74, 6) is -0.726. The molecule has 0 amide bonds. The van der Waals surface area contributed by atoms with Crippen molar-refractivity contribution in [3.05, 3.63) is 59.7 Å². The Morgan fingerprint density at radius 2 is 1.81 bits per heavy atom. The van der Waals surface area contributed by atoms with Gasteiger partial charge in [-0.1, -0.05) is 18.2 Å². The van der Waals surface area contributed by atoms with Gasteiger partial charge in [-0.3, -0.25) is 0 Å². The average Bonchev–Trinajstić information content (AvgIpc) is 2.67. The van der Waals surface area contributed by atoms with E-state index in [1.165, 1.54) is 25.3 Å². The Hall–Kier alpha value is -4.05. The number of nitrogen functional groups attached to an aromatic ring is 1. The van der Waals surface area contributed by atoms with E-state index < -0.39 is 5.97 Å². The Balaban J connectivity index is 2.17. The zero-order valence-electron chi connectivity index (χ0n) is 14.3. The van der Waals surface area contributed by atoms with Crippen LogP contribution < -0.4 is 10.5 Å². The maximum atomic E-state index is 11.0. The highest BCUT2D eigenvalue weighted by molar-refractivity contribution is 5.88. The maximum Gasteiger partial charge on any atom is 0.335 e. The SMILES string of the molecule is COc1cc(-c2cc(-c3ccc(C(=O)O)cc3)nc(N)c2C#N)ccc1O. The van der Waals surface area contributed by atoms with Crippen molar-refractivity contribution in [1.82, 2.24) is 4.98 Å². The number of carboxylic acids is 1. The van der Waals surface area contributed by atoms with Crippen LogP contribution in [0.1, 0.15) is 15.9 Å². The molecule has 0 aliphatic heterocycles. The summed E-state index contributed by atoms with van der Waals surface area (Å²) in [6.45, 7) is 0. The van der Waals surface area contributed by atoms with Gasteiger partial charge in [-0.25, -0.2) is 9.78 Å². The number of phenols is 1. The van der Waals surface area contributed by atoms with Crippen LogP contribution in [0.25, 0.3) is 22.4 Å². The molecule has 27 heavy (non-hydrogen) atoms. The first-order valence-electron chi connectivity index (χ1n) is 7.86. The molecule has 7 heteroatoms. The lowest BCUT2D eigenvalue weighted by molar-refractivity contribution is 0.0697. The molecule has 1 heterocycles. The number of hydrogen-bond acceptors (Lipinski definition) is 6. The Kier molecular flexibility index (Phi) is 4.64. The summed E-state index contributed by atoms with van der Waals surface area (Å²) in [6, 6.07) is 14.6. The molecule has 1 aromatic heterocycles. The van der Waals surface area contributed by atoms with Gasteiger partial charge in [0.15, 0.2) is 11.5 Å². The maximum absolute atomic E-state index is 11.0. The molecule has 7 nitrogen and oxygen atoms in total. The Morgan fingerprint density at radius 1 is 1.15 bits per heavy atom. The van der Waals surface area contributed by atoms with Gasteiger partial charge in [0, 0.05) is 11.1 Å². The number of phenolic OH excluding ortho intramolecular Hbond substituents is 1. The first kappa shape index (κ1) is 17.8. The van der Waals surface area contributed by atoms with Crippen LogP contribution in [0.2, 0.25) is 0 Å². The molecule has 0 atom stereocenters. The van der Waals surface area contributed by atoms with Crippen molar-refractivity contribution in [2.24, 2.45) is 0 Å². The molecule has 0 spiro atoms. The summed E-state index contributed by atoms with van der Waals surface area (Å²) in [4.78, 5) is 15.3. The molecule has 0 fully saturated rings. The second-order valence-electron chi connectivity index (χ2n) is 5.70. The Labute approximate surface area is 154 Å². The fourth-order valence-corrected chi connectivity index (χ4v) is 2.69. The molecule has 0 aliphatic carbocycles. The number of methoxy groups -OCH3 is 1. The second-order valence-corrected chi connectivity index (χ2v) is 5.70. The lowest BCUT2D eigenvalue weighted by Crippen LogP contribution is -2.00. The van der Waals surface area contributed by atoms with Crippen molar-refractivity contribution in [2.75, 3.05) is 12.8 Å². The number of aromatic carboxylic acids is 1. The quantitative estimate of drug-likeness (QED) is 0.650. The van der Waals surface area contributed by atoms with E-state index >= 15 is 0 Å². The number of hydrogen-bond donors (Lipinski definition) is 3. The van der Waals surface area contributed by atoms with Gasteiger partial charge in [0.05, 0.1) is 18.4 Å². The smallest absolute Gasteiger partial charge is 0.335 e. The third-order valence-corrected chi connectivity index (χ3v) is 4.08. The normalized spacial score (nSPS) is 10.2. The van der Waals surface area contributed by atoms with Crippen LogP contribution in [-0.4, -0.2) is 28.3 Å². The predicted molar refractivity (Wildman–Crippen MR) is 99.4 cm³/mol. The van der Waals surface area contributed by atoms with Gasteiger partial charge in [-0.05, 0) is 35.9 Å². The zero-order valence-corrected chi connectivity index (χ0v) is 14.3. The average molecular weight is 361 g/mol. The van der Waals surface area contributed by atoms with Crippen molar-refractivity contribution in [3.63, 3.8) is 0 Å². The minimum Gasteiger partial charge on any atom is -0.504 e. The van der Waals surface area contributed by atoms with Crippen LogP contribution in [0.4, 0.5) is 5.82 Å². The van der Waals surface area contributed by atoms with E-state index in [9.17, 15) is 15.2 Å². The third-order valence-electron chi connectivity index (χ3n) is 4.08. The van der Waals surface area contributed by atoms with Crippen LogP contribution in [0.5, 0.6) is 11.5 Å². The molecule has 2 aromatic carbocycles. The van der Waals surface area contributed by atoms with Gasteiger partial charge in [0.25, 0.3) is 0 Å². The monoisotopic (exact) mass is 361 g/mol. The van der Waals surface area contributed by atoms with Crippen molar-refractivity contribution in [1.29, 1.82) is 5.26 Å². The highest BCUT2D eigenvalue weighted by Gasteiger charge is 2.15. The molecule has 134 valence electrons. The van der Waals surface area contributed by atoms with E-state index in [1.54, 1.807) is 30.3 Å². The van der Waals surface area contributed by atoms with E-state index in [1.807, 2.05) is 6.07 Å². The number of nitrogens with two attached hydrogens (primary N) is 1. The van der Waals surface area contributed by atoms with E-state index in [0.29, 0.717) is 22.4 Å². The molecule has 0 radical (unpaired) electrons. The van der Waals surface area contributed by atoms with Gasteiger partial charge in [-0.2, -0.15) is 5.26 Å². The number of ether oxygens (including phenoxy) is 1. The summed E-state index contributed by atoms with van der Waals surface area (Å²) in [7, 11) is 1.43. The fourth-order valence-electron chi connectivity index (χ4n) is 2.69. The predicted octanol–water partition coefficient (Wildman–Crippen LogP) is 3.28. The molecular formula is C20H15N3O4. The molecule has 0 aliphatic rings. The van der Waals surface area contributed by atoms with E-state index in [-0.39, 0.29) is 28.4 Å². The standard InChI is InChI=1S/C20H15N3O4/c1-27-18-8-13(6-7-17(18)24)14-9-16(23-19(22)15(14)10-21)11-2-4-12(5-3-11)20(25)26/h2-9,24H,1H3,(H2,22,23)(H,25,26). The van der Waals surface area contributed by atoms with Crippen LogP contribution in [-0.2, 0) is 0 Å². The number of carboxylic acid groups (broad SMARTS) is 1. The third kappa shape index (κ3) is 3.37. The minimum absolute atomic E-state index is 0.0220. The van der Waals surface area contributed by atoms with Crippen LogP contribution in [0.3, 0.4) is 0 Å². The summed E-state index contributed by atoms with van der Waals surface area (Å²) < 4.78 is 5.13. The van der Waals surface area contributed by atoms with Crippen molar-refractivity contribution >= 4 is 11.8 Å². The minimum atomic E-state index is -1.02. The van der Waals surface area contributed by atoms with E-state index in [0.717, 1.165) is 0 Å². The van der Waals surface area contributed by atoms with E-state index in [2.05, 4.69) is 4.98 Å². The van der Waals surface area contributed by atoms with Crippen molar-refractivity contribution in [3.8, 4) is 40.0 Å². The second kappa shape index (κ2) is 7.06. The highest BCUT2D eigenvalue weighted by Crippen LogP contribution is 2.36. The van der Waals surface area contributed by atoms with Crippen LogP contribution in [0, 0.1) is 11.3 Å². The first-order chi connectivity index (χ1) is 12.9. The molecule has 0 unspecified atom stereocenters. The molecule has 0 saturated carbocycles. The summed E-state index contributed by atoms with van der Waals surface area (Å²) in [5.41, 5.74) is 8.64. The highest BCUT2D eigenvalue weighted by atomic mass is 16.5. The number of nitrogens with zero attached hydrogens (tertiary/aromatic N) is 2. The summed E-state index contributed by atoms with van der Waals surface area (Å²) in [6.07, 6.45) is 0. The number of rotatable bonds is 4. The van der Waals surface area contributed by atoms with Crippen LogP contribution >= 0.6 is 0 Å².